The first kappa shape index (κ1) is 16.0. The predicted molar refractivity (Wildman–Crippen MR) is 101 cm³/mol. The van der Waals surface area contributed by atoms with Gasteiger partial charge in [0.2, 0.25) is 0 Å². The lowest BCUT2D eigenvalue weighted by Crippen LogP contribution is -2.26. The molecule has 2 aromatic carbocycles. The van der Waals surface area contributed by atoms with E-state index in [4.69, 9.17) is 0 Å². The number of carbonyl (C=O) groups excluding carboxylic acids is 1. The van der Waals surface area contributed by atoms with E-state index in [1.54, 1.807) is 12.5 Å². The fourth-order valence-electron chi connectivity index (χ4n) is 2.92. The molecular weight excluding hydrogens is 324 g/mol. The normalized spacial score (nSPS) is 12.0. The van der Waals surface area contributed by atoms with Gasteiger partial charge in [0.05, 0.1) is 6.04 Å². The summed E-state index contributed by atoms with van der Waals surface area (Å²) in [6, 6.07) is 21.1. The second-order valence-electron chi connectivity index (χ2n) is 6.11. The second-order valence-corrected chi connectivity index (χ2v) is 6.11. The Labute approximate surface area is 151 Å². The van der Waals surface area contributed by atoms with Crippen molar-refractivity contribution in [3.63, 3.8) is 0 Å². The van der Waals surface area contributed by atoms with Crippen LogP contribution in [0, 0.1) is 0 Å². The molecule has 0 aliphatic carbocycles. The van der Waals surface area contributed by atoms with Gasteiger partial charge in [0.1, 0.15) is 11.8 Å². The van der Waals surface area contributed by atoms with E-state index in [-0.39, 0.29) is 11.9 Å². The zero-order chi connectivity index (χ0) is 17.9. The lowest BCUT2D eigenvalue weighted by atomic mass is 10.1. The number of carbonyl (C=O) groups is 1. The molecule has 0 bridgehead atoms. The molecule has 4 aromatic rings. The Bertz CT molecular complexity index is 1040. The summed E-state index contributed by atoms with van der Waals surface area (Å²) in [6.45, 7) is 1.98. The van der Waals surface area contributed by atoms with E-state index in [9.17, 15) is 4.79 Å². The fraction of sp³-hybridized carbons (Fsp3) is 0.0952. The van der Waals surface area contributed by atoms with Crippen LogP contribution in [0.2, 0.25) is 0 Å². The minimum atomic E-state index is -0.0958. The van der Waals surface area contributed by atoms with Crippen molar-refractivity contribution >= 4 is 17.1 Å². The van der Waals surface area contributed by atoms with E-state index in [0.717, 1.165) is 22.4 Å². The predicted octanol–water partition coefficient (Wildman–Crippen LogP) is 3.91. The van der Waals surface area contributed by atoms with Crippen LogP contribution < -0.4 is 5.32 Å². The maximum Gasteiger partial charge on any atom is 0.251 e. The molecule has 0 saturated heterocycles. The van der Waals surface area contributed by atoms with Crippen molar-refractivity contribution in [1.29, 1.82) is 0 Å². The number of nitrogens with zero attached hydrogens (tertiary/aromatic N) is 3. The van der Waals surface area contributed by atoms with Gasteiger partial charge in [-0.1, -0.05) is 30.3 Å². The zero-order valence-corrected chi connectivity index (χ0v) is 14.3. The Morgan fingerprint density at radius 1 is 0.962 bits per heavy atom. The molecule has 0 spiro atoms. The number of hydrogen-bond acceptors (Lipinski definition) is 3. The SMILES string of the molecule is CC(NC(=O)c1ccc(-n2cnc3cccnc32)cc1)c1ccccc1. The van der Waals surface area contributed by atoms with Crippen molar-refractivity contribution in [2.75, 3.05) is 0 Å². The third kappa shape index (κ3) is 3.07. The summed E-state index contributed by atoms with van der Waals surface area (Å²) in [7, 11) is 0. The van der Waals surface area contributed by atoms with E-state index in [0.29, 0.717) is 5.56 Å². The molecular formula is C21H18N4O. The number of rotatable bonds is 4. The van der Waals surface area contributed by atoms with Gasteiger partial charge in [0.25, 0.3) is 5.91 Å². The summed E-state index contributed by atoms with van der Waals surface area (Å²) in [6.07, 6.45) is 3.48. The Kier molecular flexibility index (Phi) is 4.19. The Morgan fingerprint density at radius 3 is 2.50 bits per heavy atom. The molecule has 4 rings (SSSR count). The van der Waals surface area contributed by atoms with Gasteiger partial charge in [-0.3, -0.25) is 9.36 Å². The lowest BCUT2D eigenvalue weighted by Gasteiger charge is -2.14. The van der Waals surface area contributed by atoms with E-state index in [1.807, 2.05) is 78.2 Å². The van der Waals surface area contributed by atoms with Crippen molar-refractivity contribution in [3.8, 4) is 5.69 Å². The number of fused-ring (bicyclic) bond motifs is 1. The molecule has 5 nitrogen and oxygen atoms in total. The molecule has 128 valence electrons. The minimum absolute atomic E-state index is 0.0508. The van der Waals surface area contributed by atoms with E-state index >= 15 is 0 Å². The average Bonchev–Trinajstić information content (AvgIpc) is 3.13. The van der Waals surface area contributed by atoms with Crippen molar-refractivity contribution in [3.05, 3.63) is 90.4 Å². The first-order chi connectivity index (χ1) is 12.7. The topological polar surface area (TPSA) is 59.8 Å². The highest BCUT2D eigenvalue weighted by Crippen LogP contribution is 2.17. The molecule has 1 atom stereocenters. The van der Waals surface area contributed by atoms with Gasteiger partial charge >= 0.3 is 0 Å². The van der Waals surface area contributed by atoms with E-state index in [2.05, 4.69) is 15.3 Å². The molecule has 0 aliphatic rings. The summed E-state index contributed by atoms with van der Waals surface area (Å²) in [5, 5.41) is 3.03. The molecule has 26 heavy (non-hydrogen) atoms. The van der Waals surface area contributed by atoms with Gasteiger partial charge in [-0.05, 0) is 48.9 Å². The Morgan fingerprint density at radius 2 is 1.73 bits per heavy atom. The number of benzene rings is 2. The van der Waals surface area contributed by atoms with Gasteiger partial charge in [0, 0.05) is 17.4 Å². The van der Waals surface area contributed by atoms with Gasteiger partial charge in [-0.15, -0.1) is 0 Å². The van der Waals surface area contributed by atoms with Crippen LogP contribution in [0.25, 0.3) is 16.9 Å². The molecule has 0 saturated carbocycles. The molecule has 0 radical (unpaired) electrons. The maximum atomic E-state index is 12.5. The smallest absolute Gasteiger partial charge is 0.251 e. The highest BCUT2D eigenvalue weighted by Gasteiger charge is 2.12. The van der Waals surface area contributed by atoms with Crippen LogP contribution in [-0.2, 0) is 0 Å². The fourth-order valence-corrected chi connectivity index (χ4v) is 2.92. The van der Waals surface area contributed by atoms with Crippen molar-refractivity contribution in [2.45, 2.75) is 13.0 Å². The van der Waals surface area contributed by atoms with Gasteiger partial charge in [-0.25, -0.2) is 9.97 Å². The van der Waals surface area contributed by atoms with Gasteiger partial charge < -0.3 is 5.32 Å². The molecule has 1 N–H and O–H groups in total. The molecule has 2 aromatic heterocycles. The Hall–Kier alpha value is -3.47. The number of hydrogen-bond donors (Lipinski definition) is 1. The summed E-state index contributed by atoms with van der Waals surface area (Å²) < 4.78 is 1.91. The third-order valence-corrected chi connectivity index (χ3v) is 4.36. The molecule has 5 heteroatoms. The summed E-state index contributed by atoms with van der Waals surface area (Å²) in [5.74, 6) is -0.0958. The summed E-state index contributed by atoms with van der Waals surface area (Å²) in [5.41, 5.74) is 4.25. The molecule has 2 heterocycles. The first-order valence-corrected chi connectivity index (χ1v) is 8.47. The van der Waals surface area contributed by atoms with E-state index < -0.39 is 0 Å². The monoisotopic (exact) mass is 342 g/mol. The van der Waals surface area contributed by atoms with Crippen LogP contribution in [0.15, 0.2) is 79.3 Å². The van der Waals surface area contributed by atoms with Crippen LogP contribution in [-0.4, -0.2) is 20.4 Å². The maximum absolute atomic E-state index is 12.5. The molecule has 0 aliphatic heterocycles. The quantitative estimate of drug-likeness (QED) is 0.612. The highest BCUT2D eigenvalue weighted by atomic mass is 16.1. The van der Waals surface area contributed by atoms with Crippen LogP contribution in [0.4, 0.5) is 0 Å². The zero-order valence-electron chi connectivity index (χ0n) is 14.3. The second kappa shape index (κ2) is 6.80. The van der Waals surface area contributed by atoms with Gasteiger partial charge in [0.15, 0.2) is 5.65 Å². The first-order valence-electron chi connectivity index (χ1n) is 8.47. The Balaban J connectivity index is 1.53. The van der Waals surface area contributed by atoms with Gasteiger partial charge in [-0.2, -0.15) is 0 Å². The number of pyridine rings is 1. The largest absolute Gasteiger partial charge is 0.346 e. The number of imidazole rings is 1. The minimum Gasteiger partial charge on any atom is -0.346 e. The molecule has 1 amide bonds. The number of amides is 1. The standard InChI is InChI=1S/C21H18N4O/c1-15(16-6-3-2-4-7-16)24-21(26)17-9-11-18(12-10-17)25-14-23-19-8-5-13-22-20(19)25/h2-15H,1H3,(H,24,26). The summed E-state index contributed by atoms with van der Waals surface area (Å²) >= 11 is 0. The van der Waals surface area contributed by atoms with Crippen LogP contribution in [0.1, 0.15) is 28.9 Å². The van der Waals surface area contributed by atoms with Crippen LogP contribution in [0.3, 0.4) is 0 Å². The van der Waals surface area contributed by atoms with Crippen LogP contribution in [0.5, 0.6) is 0 Å². The highest BCUT2D eigenvalue weighted by molar-refractivity contribution is 5.94. The van der Waals surface area contributed by atoms with Crippen molar-refractivity contribution in [1.82, 2.24) is 19.9 Å². The summed E-state index contributed by atoms with van der Waals surface area (Å²) in [4.78, 5) is 21.2. The van der Waals surface area contributed by atoms with Crippen molar-refractivity contribution in [2.24, 2.45) is 0 Å². The molecule has 1 unspecified atom stereocenters. The lowest BCUT2D eigenvalue weighted by molar-refractivity contribution is 0.0940. The average molecular weight is 342 g/mol. The van der Waals surface area contributed by atoms with Crippen molar-refractivity contribution < 1.29 is 4.79 Å². The molecule has 0 fully saturated rings. The van der Waals surface area contributed by atoms with E-state index in [1.165, 1.54) is 0 Å². The number of aromatic nitrogens is 3. The number of nitrogens with one attached hydrogen (secondary N) is 1. The third-order valence-electron chi connectivity index (χ3n) is 4.36. The van der Waals surface area contributed by atoms with Crippen LogP contribution >= 0.6 is 0 Å².